The largest absolute Gasteiger partial charge is 0.396 e. The van der Waals surface area contributed by atoms with Crippen LogP contribution in [0.3, 0.4) is 0 Å². The predicted molar refractivity (Wildman–Crippen MR) is 74.5 cm³/mol. The molecule has 1 atom stereocenters. The molecule has 0 bridgehead atoms. The van der Waals surface area contributed by atoms with Crippen LogP contribution in [-0.4, -0.2) is 39.2 Å². The Balaban J connectivity index is 2.37. The standard InChI is InChI=1S/C12H19N5O3/c1-8-10(17(19)20)11(15-12(13)14-8)16-6-2-4-9(16)5-3-7-18/h9,18H,2-7H2,1H3,(H2,13,14,15). The first-order valence-corrected chi connectivity index (χ1v) is 6.70. The number of nitrogens with two attached hydrogens (primary N) is 1. The van der Waals surface area contributed by atoms with Crippen molar-refractivity contribution in [2.24, 2.45) is 0 Å². The molecule has 1 aromatic heterocycles. The fourth-order valence-corrected chi connectivity index (χ4v) is 2.73. The van der Waals surface area contributed by atoms with Gasteiger partial charge in [-0.2, -0.15) is 4.98 Å². The number of nitro groups is 1. The quantitative estimate of drug-likeness (QED) is 0.610. The topological polar surface area (TPSA) is 118 Å². The summed E-state index contributed by atoms with van der Waals surface area (Å²) in [5.41, 5.74) is 5.84. The van der Waals surface area contributed by atoms with Crippen molar-refractivity contribution >= 4 is 17.5 Å². The Morgan fingerprint density at radius 3 is 2.95 bits per heavy atom. The Kier molecular flexibility index (Phi) is 4.33. The Bertz CT molecular complexity index is 508. The zero-order valence-electron chi connectivity index (χ0n) is 11.4. The van der Waals surface area contributed by atoms with Gasteiger partial charge in [-0.25, -0.2) is 4.98 Å². The maximum absolute atomic E-state index is 11.2. The minimum atomic E-state index is -0.453. The zero-order chi connectivity index (χ0) is 14.7. The lowest BCUT2D eigenvalue weighted by atomic mass is 10.1. The van der Waals surface area contributed by atoms with Gasteiger partial charge in [0.15, 0.2) is 0 Å². The second-order valence-corrected chi connectivity index (χ2v) is 4.95. The van der Waals surface area contributed by atoms with Crippen LogP contribution < -0.4 is 10.6 Å². The van der Waals surface area contributed by atoms with E-state index < -0.39 is 4.92 Å². The van der Waals surface area contributed by atoms with Gasteiger partial charge in [0, 0.05) is 19.2 Å². The van der Waals surface area contributed by atoms with Crippen molar-refractivity contribution in [1.82, 2.24) is 9.97 Å². The van der Waals surface area contributed by atoms with Crippen molar-refractivity contribution in [1.29, 1.82) is 0 Å². The monoisotopic (exact) mass is 281 g/mol. The average molecular weight is 281 g/mol. The van der Waals surface area contributed by atoms with E-state index in [2.05, 4.69) is 9.97 Å². The molecule has 0 spiro atoms. The Hall–Kier alpha value is -1.96. The molecule has 1 aliphatic rings. The van der Waals surface area contributed by atoms with Crippen LogP contribution in [-0.2, 0) is 0 Å². The first-order valence-electron chi connectivity index (χ1n) is 6.70. The van der Waals surface area contributed by atoms with Crippen LogP contribution in [0.25, 0.3) is 0 Å². The van der Waals surface area contributed by atoms with Gasteiger partial charge in [0.25, 0.3) is 0 Å². The van der Waals surface area contributed by atoms with Gasteiger partial charge in [-0.05, 0) is 32.6 Å². The molecule has 1 aliphatic heterocycles. The van der Waals surface area contributed by atoms with Gasteiger partial charge in [0.1, 0.15) is 5.69 Å². The molecule has 110 valence electrons. The van der Waals surface area contributed by atoms with E-state index in [-0.39, 0.29) is 30.0 Å². The molecule has 3 N–H and O–H groups in total. The van der Waals surface area contributed by atoms with E-state index in [0.29, 0.717) is 18.8 Å². The number of aryl methyl sites for hydroxylation is 1. The summed E-state index contributed by atoms with van der Waals surface area (Å²) in [7, 11) is 0. The maximum Gasteiger partial charge on any atom is 0.332 e. The molecule has 1 unspecified atom stereocenters. The Morgan fingerprint density at radius 1 is 1.55 bits per heavy atom. The summed E-state index contributed by atoms with van der Waals surface area (Å²) >= 11 is 0. The number of hydrogen-bond donors (Lipinski definition) is 2. The van der Waals surface area contributed by atoms with Crippen LogP contribution in [0.4, 0.5) is 17.5 Å². The second-order valence-electron chi connectivity index (χ2n) is 4.95. The van der Waals surface area contributed by atoms with E-state index >= 15 is 0 Å². The summed E-state index contributed by atoms with van der Waals surface area (Å²) in [6, 6.07) is 0.162. The molecule has 0 aromatic carbocycles. The van der Waals surface area contributed by atoms with Crippen molar-refractivity contribution in [2.45, 2.75) is 38.6 Å². The number of nitrogens with zero attached hydrogens (tertiary/aromatic N) is 4. The molecule has 0 radical (unpaired) electrons. The van der Waals surface area contributed by atoms with Crippen molar-refractivity contribution in [2.75, 3.05) is 23.8 Å². The van der Waals surface area contributed by atoms with Gasteiger partial charge in [-0.1, -0.05) is 0 Å². The summed E-state index contributed by atoms with van der Waals surface area (Å²) in [5.74, 6) is 0.358. The smallest absolute Gasteiger partial charge is 0.332 e. The number of hydrogen-bond acceptors (Lipinski definition) is 7. The molecule has 2 rings (SSSR count). The van der Waals surface area contributed by atoms with E-state index in [1.165, 1.54) is 0 Å². The van der Waals surface area contributed by atoms with Gasteiger partial charge < -0.3 is 15.7 Å². The summed E-state index contributed by atoms with van der Waals surface area (Å²) in [4.78, 5) is 20.7. The predicted octanol–water partition coefficient (Wildman–Crippen LogP) is 1.02. The van der Waals surface area contributed by atoms with Crippen LogP contribution in [0.2, 0.25) is 0 Å². The first kappa shape index (κ1) is 14.4. The van der Waals surface area contributed by atoms with Gasteiger partial charge in [0.05, 0.1) is 4.92 Å². The molecule has 1 aromatic rings. The zero-order valence-corrected chi connectivity index (χ0v) is 11.4. The fourth-order valence-electron chi connectivity index (χ4n) is 2.73. The third-order valence-electron chi connectivity index (χ3n) is 3.58. The average Bonchev–Trinajstić information content (AvgIpc) is 2.82. The van der Waals surface area contributed by atoms with E-state index in [9.17, 15) is 10.1 Å². The highest BCUT2D eigenvalue weighted by molar-refractivity contribution is 5.63. The van der Waals surface area contributed by atoms with Crippen molar-refractivity contribution in [3.8, 4) is 0 Å². The molecular formula is C12H19N5O3. The molecule has 8 nitrogen and oxygen atoms in total. The van der Waals surface area contributed by atoms with Crippen molar-refractivity contribution < 1.29 is 10.0 Å². The fraction of sp³-hybridized carbons (Fsp3) is 0.667. The number of aromatic nitrogens is 2. The van der Waals surface area contributed by atoms with E-state index in [0.717, 1.165) is 19.3 Å². The van der Waals surface area contributed by atoms with Crippen LogP contribution in [0.1, 0.15) is 31.4 Å². The van der Waals surface area contributed by atoms with E-state index in [4.69, 9.17) is 10.8 Å². The van der Waals surface area contributed by atoms with Gasteiger partial charge in [-0.3, -0.25) is 10.1 Å². The van der Waals surface area contributed by atoms with Crippen molar-refractivity contribution in [3.05, 3.63) is 15.8 Å². The molecule has 0 amide bonds. The van der Waals surface area contributed by atoms with Gasteiger partial charge in [-0.15, -0.1) is 0 Å². The number of aliphatic hydroxyl groups excluding tert-OH is 1. The molecule has 1 fully saturated rings. The lowest BCUT2D eigenvalue weighted by Crippen LogP contribution is -2.31. The number of aliphatic hydroxyl groups is 1. The summed E-state index contributed by atoms with van der Waals surface area (Å²) in [6.07, 6.45) is 3.36. The van der Waals surface area contributed by atoms with Gasteiger partial charge >= 0.3 is 5.69 Å². The Morgan fingerprint density at radius 2 is 2.30 bits per heavy atom. The van der Waals surface area contributed by atoms with Crippen LogP contribution in [0.5, 0.6) is 0 Å². The SMILES string of the molecule is Cc1nc(N)nc(N2CCCC2CCCO)c1[N+](=O)[O-]. The molecule has 20 heavy (non-hydrogen) atoms. The minimum absolute atomic E-state index is 0.0518. The molecule has 0 saturated carbocycles. The second kappa shape index (κ2) is 6.00. The third kappa shape index (κ3) is 2.79. The Labute approximate surface area is 116 Å². The number of anilines is 2. The highest BCUT2D eigenvalue weighted by Crippen LogP contribution is 2.35. The maximum atomic E-state index is 11.2. The first-order chi connectivity index (χ1) is 9.54. The molecule has 8 heteroatoms. The van der Waals surface area contributed by atoms with Crippen LogP contribution >= 0.6 is 0 Å². The minimum Gasteiger partial charge on any atom is -0.396 e. The summed E-state index contributed by atoms with van der Waals surface area (Å²) < 4.78 is 0. The molecular weight excluding hydrogens is 262 g/mol. The summed E-state index contributed by atoms with van der Waals surface area (Å²) in [5, 5.41) is 20.2. The van der Waals surface area contributed by atoms with E-state index in [1.807, 2.05) is 4.90 Å². The molecule has 2 heterocycles. The van der Waals surface area contributed by atoms with Crippen LogP contribution in [0, 0.1) is 17.0 Å². The lowest BCUT2D eigenvalue weighted by Gasteiger charge is -2.25. The summed E-state index contributed by atoms with van der Waals surface area (Å²) in [6.45, 7) is 2.41. The van der Waals surface area contributed by atoms with Crippen molar-refractivity contribution in [3.63, 3.8) is 0 Å². The van der Waals surface area contributed by atoms with Gasteiger partial charge in [0.2, 0.25) is 11.8 Å². The number of rotatable bonds is 5. The van der Waals surface area contributed by atoms with E-state index in [1.54, 1.807) is 6.92 Å². The number of nitrogen functional groups attached to an aromatic ring is 1. The molecule has 1 saturated heterocycles. The third-order valence-corrected chi connectivity index (χ3v) is 3.58. The normalized spacial score (nSPS) is 18.5. The highest BCUT2D eigenvalue weighted by atomic mass is 16.6. The van der Waals surface area contributed by atoms with Crippen LogP contribution in [0.15, 0.2) is 0 Å². The lowest BCUT2D eigenvalue weighted by molar-refractivity contribution is -0.385. The highest BCUT2D eigenvalue weighted by Gasteiger charge is 2.32. The molecule has 0 aliphatic carbocycles.